The maximum absolute atomic E-state index is 9.49. The summed E-state index contributed by atoms with van der Waals surface area (Å²) in [7, 11) is 0. The molecule has 2 N–H and O–H groups in total. The van der Waals surface area contributed by atoms with Crippen molar-refractivity contribution in [3.63, 3.8) is 0 Å². The highest BCUT2D eigenvalue weighted by Gasteiger charge is 2.25. The molecule has 1 aromatic carbocycles. The van der Waals surface area contributed by atoms with Crippen molar-refractivity contribution in [2.45, 2.75) is 0 Å². The monoisotopic (exact) mass is 370 g/mol. The molecule has 0 bridgehead atoms. The smallest absolute Gasteiger partial charge is 0.141 e. The van der Waals surface area contributed by atoms with Crippen molar-refractivity contribution < 1.29 is 0 Å². The molecule has 0 aliphatic carbocycles. The molecule has 0 spiro atoms. The van der Waals surface area contributed by atoms with Crippen molar-refractivity contribution in [1.29, 1.82) is 5.26 Å². The van der Waals surface area contributed by atoms with Gasteiger partial charge in [0.2, 0.25) is 0 Å². The van der Waals surface area contributed by atoms with Crippen LogP contribution in [0.25, 0.3) is 33.9 Å². The van der Waals surface area contributed by atoms with Crippen molar-refractivity contribution in [2.75, 3.05) is 5.32 Å². The normalized spacial score (nSPS) is 11.4. The SMILES string of the molecule is N#Cc1cccc(Cl)c1-c1nc2c([nH]1)-c1ccncc1Nc1ncccc1-2. The number of halogens is 1. The maximum Gasteiger partial charge on any atom is 0.141 e. The molecule has 0 amide bonds. The van der Waals surface area contributed by atoms with Gasteiger partial charge < -0.3 is 10.3 Å². The predicted octanol–water partition coefficient (Wildman–Crippen LogP) is 4.78. The van der Waals surface area contributed by atoms with Crippen LogP contribution in [0.4, 0.5) is 11.5 Å². The Bertz CT molecular complexity index is 1170. The summed E-state index contributed by atoms with van der Waals surface area (Å²) in [5.74, 6) is 1.24. The average Bonchev–Trinajstić information content (AvgIpc) is 3.08. The minimum atomic E-state index is 0.464. The van der Waals surface area contributed by atoms with Gasteiger partial charge in [-0.25, -0.2) is 9.97 Å². The van der Waals surface area contributed by atoms with Gasteiger partial charge in [0.25, 0.3) is 0 Å². The van der Waals surface area contributed by atoms with Crippen molar-refractivity contribution >= 4 is 23.1 Å². The van der Waals surface area contributed by atoms with E-state index in [0.29, 0.717) is 27.8 Å². The number of nitrogens with zero attached hydrogens (tertiary/aromatic N) is 4. The van der Waals surface area contributed by atoms with Gasteiger partial charge in [-0.15, -0.1) is 0 Å². The summed E-state index contributed by atoms with van der Waals surface area (Å²) in [6.45, 7) is 0. The lowest BCUT2D eigenvalue weighted by atomic mass is 10.1. The van der Waals surface area contributed by atoms with Crippen molar-refractivity contribution in [3.05, 3.63) is 65.6 Å². The van der Waals surface area contributed by atoms with Crippen LogP contribution in [0.5, 0.6) is 0 Å². The van der Waals surface area contributed by atoms with Crippen LogP contribution in [0.2, 0.25) is 5.02 Å². The number of anilines is 2. The summed E-state index contributed by atoms with van der Waals surface area (Å²) in [4.78, 5) is 16.8. The zero-order valence-corrected chi connectivity index (χ0v) is 14.6. The molecule has 0 atom stereocenters. The van der Waals surface area contributed by atoms with Gasteiger partial charge in [0.1, 0.15) is 17.3 Å². The number of benzene rings is 1. The van der Waals surface area contributed by atoms with Crippen LogP contribution in [0, 0.1) is 11.3 Å². The van der Waals surface area contributed by atoms with E-state index >= 15 is 0 Å². The Balaban J connectivity index is 1.84. The minimum absolute atomic E-state index is 0.464. The third-order valence-electron chi connectivity index (χ3n) is 4.48. The Morgan fingerprint density at radius 1 is 1.04 bits per heavy atom. The van der Waals surface area contributed by atoms with E-state index in [9.17, 15) is 5.26 Å². The first-order chi connectivity index (χ1) is 13.3. The van der Waals surface area contributed by atoms with Crippen LogP contribution in [-0.2, 0) is 0 Å². The molecule has 1 aliphatic rings. The Hall–Kier alpha value is -3.69. The number of nitriles is 1. The molecule has 5 rings (SSSR count). The second-order valence-corrected chi connectivity index (χ2v) is 6.44. The number of imidazole rings is 1. The predicted molar refractivity (Wildman–Crippen MR) is 103 cm³/mol. The van der Waals surface area contributed by atoms with Crippen molar-refractivity contribution in [3.8, 4) is 40.0 Å². The summed E-state index contributed by atoms with van der Waals surface area (Å²) >= 11 is 6.39. The van der Waals surface area contributed by atoms with Gasteiger partial charge in [-0.3, -0.25) is 4.98 Å². The summed E-state index contributed by atoms with van der Waals surface area (Å²) in [5, 5.41) is 13.3. The fourth-order valence-electron chi connectivity index (χ4n) is 3.28. The van der Waals surface area contributed by atoms with E-state index in [0.717, 1.165) is 28.2 Å². The van der Waals surface area contributed by atoms with Crippen LogP contribution in [0.15, 0.2) is 55.0 Å². The fourth-order valence-corrected chi connectivity index (χ4v) is 3.54. The van der Waals surface area contributed by atoms with Crippen LogP contribution in [0.1, 0.15) is 5.56 Å². The van der Waals surface area contributed by atoms with Crippen LogP contribution in [0.3, 0.4) is 0 Å². The molecular weight excluding hydrogens is 360 g/mol. The van der Waals surface area contributed by atoms with E-state index in [1.165, 1.54) is 0 Å². The lowest BCUT2D eigenvalue weighted by Crippen LogP contribution is -1.96. The Morgan fingerprint density at radius 2 is 1.96 bits per heavy atom. The first-order valence-corrected chi connectivity index (χ1v) is 8.60. The number of fused-ring (bicyclic) bond motifs is 5. The molecule has 6 nitrogen and oxygen atoms in total. The second-order valence-electron chi connectivity index (χ2n) is 6.03. The van der Waals surface area contributed by atoms with E-state index in [4.69, 9.17) is 16.6 Å². The van der Waals surface area contributed by atoms with Gasteiger partial charge in [-0.05, 0) is 30.3 Å². The third-order valence-corrected chi connectivity index (χ3v) is 4.80. The summed E-state index contributed by atoms with van der Waals surface area (Å²) in [6, 6.07) is 13.1. The topological polar surface area (TPSA) is 90.3 Å². The molecule has 0 unspecified atom stereocenters. The van der Waals surface area contributed by atoms with Crippen LogP contribution in [-0.4, -0.2) is 19.9 Å². The van der Waals surface area contributed by atoms with Gasteiger partial charge in [-0.1, -0.05) is 17.7 Å². The molecular formula is C20H11ClN6. The molecule has 0 saturated heterocycles. The standard InChI is InChI=1S/C20H11ClN6/c21-14-5-1-3-11(9-22)16(14)20-26-17-12-6-8-23-10-15(12)25-19-13(18(17)27-20)4-2-7-24-19/h1-8,10H,(H,24,25)(H,26,27). The van der Waals surface area contributed by atoms with Gasteiger partial charge in [-0.2, -0.15) is 5.26 Å². The van der Waals surface area contributed by atoms with Crippen molar-refractivity contribution in [1.82, 2.24) is 19.9 Å². The number of rotatable bonds is 1. The number of pyridine rings is 2. The van der Waals surface area contributed by atoms with Gasteiger partial charge in [0.15, 0.2) is 0 Å². The molecule has 0 saturated carbocycles. The molecule has 27 heavy (non-hydrogen) atoms. The highest BCUT2D eigenvalue weighted by molar-refractivity contribution is 6.33. The van der Waals surface area contributed by atoms with Gasteiger partial charge >= 0.3 is 0 Å². The first-order valence-electron chi connectivity index (χ1n) is 8.22. The number of aromatic nitrogens is 4. The highest BCUT2D eigenvalue weighted by atomic mass is 35.5. The maximum atomic E-state index is 9.49. The minimum Gasteiger partial charge on any atom is -0.338 e. The molecule has 1 aliphatic heterocycles. The first kappa shape index (κ1) is 15.6. The van der Waals surface area contributed by atoms with Crippen LogP contribution >= 0.6 is 11.6 Å². The lowest BCUT2D eigenvalue weighted by Gasteiger charge is -2.08. The molecule has 7 heteroatoms. The van der Waals surface area contributed by atoms with E-state index in [-0.39, 0.29) is 0 Å². The number of aromatic amines is 1. The third kappa shape index (κ3) is 2.37. The number of H-pyrrole nitrogens is 1. The lowest BCUT2D eigenvalue weighted by molar-refractivity contribution is 1.26. The highest BCUT2D eigenvalue weighted by Crippen LogP contribution is 2.43. The number of hydrogen-bond acceptors (Lipinski definition) is 5. The van der Waals surface area contributed by atoms with E-state index < -0.39 is 0 Å². The van der Waals surface area contributed by atoms with E-state index in [1.807, 2.05) is 18.2 Å². The van der Waals surface area contributed by atoms with E-state index in [2.05, 4.69) is 26.3 Å². The second kappa shape index (κ2) is 5.94. The van der Waals surface area contributed by atoms with Crippen molar-refractivity contribution in [2.24, 2.45) is 0 Å². The molecule has 0 fully saturated rings. The summed E-state index contributed by atoms with van der Waals surface area (Å²) in [6.07, 6.45) is 5.20. The van der Waals surface area contributed by atoms with Gasteiger partial charge in [0, 0.05) is 23.5 Å². The quantitative estimate of drug-likeness (QED) is 0.443. The molecule has 0 radical (unpaired) electrons. The number of nitrogens with one attached hydrogen (secondary N) is 2. The van der Waals surface area contributed by atoms with E-state index in [1.54, 1.807) is 36.8 Å². The average molecular weight is 371 g/mol. The zero-order chi connectivity index (χ0) is 18.4. The molecule has 3 aromatic heterocycles. The summed E-state index contributed by atoms with van der Waals surface area (Å²) < 4.78 is 0. The Kier molecular flexibility index (Phi) is 3.42. The molecule has 128 valence electrons. The fraction of sp³-hybridized carbons (Fsp3) is 0. The number of hydrogen-bond donors (Lipinski definition) is 2. The largest absolute Gasteiger partial charge is 0.338 e. The Morgan fingerprint density at radius 3 is 2.85 bits per heavy atom. The molecule has 4 heterocycles. The van der Waals surface area contributed by atoms with Gasteiger partial charge in [0.05, 0.1) is 39.8 Å². The van der Waals surface area contributed by atoms with Crippen LogP contribution < -0.4 is 5.32 Å². The zero-order valence-electron chi connectivity index (χ0n) is 13.9. The summed E-state index contributed by atoms with van der Waals surface area (Å²) in [5.41, 5.74) is 5.22. The molecule has 4 aromatic rings. The Labute approximate surface area is 159 Å².